The van der Waals surface area contributed by atoms with Gasteiger partial charge in [0.15, 0.2) is 0 Å². The third-order valence-corrected chi connectivity index (χ3v) is 4.18. The van der Waals surface area contributed by atoms with Crippen LogP contribution in [0.2, 0.25) is 0 Å². The van der Waals surface area contributed by atoms with Crippen LogP contribution in [0.25, 0.3) is 0 Å². The average molecular weight is 358 g/mol. The summed E-state index contributed by atoms with van der Waals surface area (Å²) in [5.41, 5.74) is 1.97. The van der Waals surface area contributed by atoms with E-state index < -0.39 is 0 Å². The Morgan fingerprint density at radius 3 is 2.96 bits per heavy atom. The summed E-state index contributed by atoms with van der Waals surface area (Å²) in [6, 6.07) is 3.80. The van der Waals surface area contributed by atoms with Crippen LogP contribution >= 0.6 is 0 Å². The summed E-state index contributed by atoms with van der Waals surface area (Å²) in [5, 5.41) is 10.7. The first-order chi connectivity index (χ1) is 12.6. The molecule has 0 saturated heterocycles. The Bertz CT molecular complexity index is 757. The zero-order valence-corrected chi connectivity index (χ0v) is 15.6. The molecule has 140 valence electrons. The Labute approximate surface area is 153 Å². The number of urea groups is 1. The third-order valence-electron chi connectivity index (χ3n) is 4.18. The molecule has 2 N–H and O–H groups in total. The molecule has 0 fully saturated rings. The van der Waals surface area contributed by atoms with E-state index in [0.29, 0.717) is 13.1 Å². The number of carbonyl (C=O) groups is 1. The number of anilines is 2. The number of aromatic nitrogens is 4. The van der Waals surface area contributed by atoms with Crippen LogP contribution < -0.4 is 15.5 Å². The van der Waals surface area contributed by atoms with Gasteiger partial charge in [-0.1, -0.05) is 0 Å². The molecular weight excluding hydrogens is 332 g/mol. The molecule has 0 spiro atoms. The highest BCUT2D eigenvalue weighted by Crippen LogP contribution is 2.19. The molecule has 0 bridgehead atoms. The molecule has 1 aliphatic rings. The maximum atomic E-state index is 11.7. The SMILES string of the molecule is CCNc1ccnc(N2CCCn3nc(CNC(=O)N(C)C)cc3C2)n1. The van der Waals surface area contributed by atoms with Crippen molar-refractivity contribution in [2.45, 2.75) is 33.0 Å². The second kappa shape index (κ2) is 8.03. The Morgan fingerprint density at radius 1 is 1.35 bits per heavy atom. The highest BCUT2D eigenvalue weighted by Gasteiger charge is 2.19. The fraction of sp³-hybridized carbons (Fsp3) is 0.529. The molecular formula is C17H26N8O. The lowest BCUT2D eigenvalue weighted by molar-refractivity contribution is 0.217. The van der Waals surface area contributed by atoms with Crippen molar-refractivity contribution in [3.8, 4) is 0 Å². The number of hydrogen-bond acceptors (Lipinski definition) is 6. The summed E-state index contributed by atoms with van der Waals surface area (Å²) >= 11 is 0. The number of rotatable bonds is 5. The molecule has 0 radical (unpaired) electrons. The third kappa shape index (κ3) is 4.22. The number of aryl methyl sites for hydroxylation is 1. The Balaban J connectivity index is 1.71. The standard InChI is InChI=1S/C17H26N8O/c1-4-18-15-6-7-19-16(21-15)24-8-5-9-25-14(12-24)10-13(22-25)11-20-17(26)23(2)3/h6-7,10H,4-5,8-9,11-12H2,1-3H3,(H,20,26)(H,18,19,21). The fourth-order valence-corrected chi connectivity index (χ4v) is 2.88. The van der Waals surface area contributed by atoms with Gasteiger partial charge in [-0.15, -0.1) is 0 Å². The van der Waals surface area contributed by atoms with Gasteiger partial charge < -0.3 is 20.4 Å². The Hall–Kier alpha value is -2.84. The van der Waals surface area contributed by atoms with Gasteiger partial charge in [0.25, 0.3) is 0 Å². The van der Waals surface area contributed by atoms with Gasteiger partial charge >= 0.3 is 6.03 Å². The maximum Gasteiger partial charge on any atom is 0.317 e. The van der Waals surface area contributed by atoms with E-state index in [2.05, 4.69) is 30.6 Å². The fourth-order valence-electron chi connectivity index (χ4n) is 2.88. The quantitative estimate of drug-likeness (QED) is 0.837. The summed E-state index contributed by atoms with van der Waals surface area (Å²) in [6.07, 6.45) is 2.75. The normalized spacial score (nSPS) is 13.7. The molecule has 3 heterocycles. The first-order valence-electron chi connectivity index (χ1n) is 8.89. The largest absolute Gasteiger partial charge is 0.370 e. The number of hydrogen-bond donors (Lipinski definition) is 2. The van der Waals surface area contributed by atoms with Crippen LogP contribution in [0.3, 0.4) is 0 Å². The maximum absolute atomic E-state index is 11.7. The van der Waals surface area contributed by atoms with Crippen molar-refractivity contribution < 1.29 is 4.79 Å². The molecule has 0 saturated carbocycles. The van der Waals surface area contributed by atoms with Gasteiger partial charge in [0, 0.05) is 39.9 Å². The van der Waals surface area contributed by atoms with Crippen LogP contribution in [0.5, 0.6) is 0 Å². The minimum Gasteiger partial charge on any atom is -0.370 e. The van der Waals surface area contributed by atoms with Gasteiger partial charge in [-0.2, -0.15) is 10.1 Å². The van der Waals surface area contributed by atoms with E-state index in [1.54, 1.807) is 20.3 Å². The van der Waals surface area contributed by atoms with Gasteiger partial charge in [0.05, 0.1) is 24.5 Å². The predicted octanol–water partition coefficient (Wildman–Crippen LogP) is 1.29. The van der Waals surface area contributed by atoms with Crippen molar-refractivity contribution in [2.24, 2.45) is 0 Å². The van der Waals surface area contributed by atoms with E-state index in [4.69, 9.17) is 0 Å². The lowest BCUT2D eigenvalue weighted by Gasteiger charge is -2.20. The first kappa shape index (κ1) is 18.0. The van der Waals surface area contributed by atoms with Crippen LogP contribution in [0.1, 0.15) is 24.7 Å². The van der Waals surface area contributed by atoms with E-state index in [-0.39, 0.29) is 6.03 Å². The lowest BCUT2D eigenvalue weighted by Crippen LogP contribution is -2.34. The molecule has 0 aromatic carbocycles. The second-order valence-corrected chi connectivity index (χ2v) is 6.45. The van der Waals surface area contributed by atoms with Gasteiger partial charge in [0.1, 0.15) is 5.82 Å². The smallest absolute Gasteiger partial charge is 0.317 e. The minimum atomic E-state index is -0.122. The summed E-state index contributed by atoms with van der Waals surface area (Å²) in [5.74, 6) is 1.56. The first-order valence-corrected chi connectivity index (χ1v) is 8.89. The number of amides is 2. The van der Waals surface area contributed by atoms with E-state index in [0.717, 1.165) is 49.2 Å². The van der Waals surface area contributed by atoms with Gasteiger partial charge in [0.2, 0.25) is 5.95 Å². The van der Waals surface area contributed by atoms with Crippen LogP contribution in [0, 0.1) is 0 Å². The predicted molar refractivity (Wildman–Crippen MR) is 100 cm³/mol. The molecule has 2 amide bonds. The summed E-state index contributed by atoms with van der Waals surface area (Å²) < 4.78 is 2.02. The topological polar surface area (TPSA) is 91.2 Å². The summed E-state index contributed by atoms with van der Waals surface area (Å²) in [7, 11) is 3.44. The molecule has 1 aliphatic heterocycles. The monoisotopic (exact) mass is 358 g/mol. The van der Waals surface area contributed by atoms with Crippen LogP contribution in [-0.2, 0) is 19.6 Å². The number of nitrogens with one attached hydrogen (secondary N) is 2. The van der Waals surface area contributed by atoms with Crippen molar-refractivity contribution >= 4 is 17.8 Å². The van der Waals surface area contributed by atoms with E-state index in [1.807, 2.05) is 23.7 Å². The molecule has 2 aromatic rings. The van der Waals surface area contributed by atoms with E-state index in [9.17, 15) is 4.79 Å². The zero-order valence-electron chi connectivity index (χ0n) is 15.6. The Kier molecular flexibility index (Phi) is 5.55. The van der Waals surface area contributed by atoms with Crippen molar-refractivity contribution in [3.05, 3.63) is 29.7 Å². The molecule has 0 aliphatic carbocycles. The van der Waals surface area contributed by atoms with Gasteiger partial charge in [-0.25, -0.2) is 9.78 Å². The zero-order chi connectivity index (χ0) is 18.5. The molecule has 0 atom stereocenters. The van der Waals surface area contributed by atoms with Crippen molar-refractivity contribution in [3.63, 3.8) is 0 Å². The molecule has 9 heteroatoms. The molecule has 9 nitrogen and oxygen atoms in total. The van der Waals surface area contributed by atoms with Crippen molar-refractivity contribution in [1.82, 2.24) is 30.0 Å². The number of nitrogens with zero attached hydrogens (tertiary/aromatic N) is 6. The van der Waals surface area contributed by atoms with Gasteiger partial charge in [-0.05, 0) is 25.5 Å². The van der Waals surface area contributed by atoms with E-state index >= 15 is 0 Å². The van der Waals surface area contributed by atoms with Gasteiger partial charge in [-0.3, -0.25) is 4.68 Å². The van der Waals surface area contributed by atoms with Crippen LogP contribution in [0.4, 0.5) is 16.6 Å². The Morgan fingerprint density at radius 2 is 2.19 bits per heavy atom. The van der Waals surface area contributed by atoms with Crippen molar-refractivity contribution in [1.29, 1.82) is 0 Å². The molecule has 2 aromatic heterocycles. The average Bonchev–Trinajstić information content (AvgIpc) is 2.90. The highest BCUT2D eigenvalue weighted by atomic mass is 16.2. The summed E-state index contributed by atoms with van der Waals surface area (Å²) in [6.45, 7) is 5.72. The van der Waals surface area contributed by atoms with Crippen LogP contribution in [0.15, 0.2) is 18.3 Å². The van der Waals surface area contributed by atoms with Crippen molar-refractivity contribution in [2.75, 3.05) is 37.4 Å². The highest BCUT2D eigenvalue weighted by molar-refractivity contribution is 5.73. The summed E-state index contributed by atoms with van der Waals surface area (Å²) in [4.78, 5) is 24.4. The number of fused-ring (bicyclic) bond motifs is 1. The minimum absolute atomic E-state index is 0.122. The molecule has 0 unspecified atom stereocenters. The van der Waals surface area contributed by atoms with E-state index in [1.165, 1.54) is 4.90 Å². The van der Waals surface area contributed by atoms with Crippen LogP contribution in [-0.4, -0.2) is 57.9 Å². The molecule has 3 rings (SSSR count). The lowest BCUT2D eigenvalue weighted by atomic mass is 10.3. The molecule has 26 heavy (non-hydrogen) atoms. The second-order valence-electron chi connectivity index (χ2n) is 6.45. The number of carbonyl (C=O) groups excluding carboxylic acids is 1.